The second-order valence-corrected chi connectivity index (χ2v) is 5.86. The van der Waals surface area contributed by atoms with Crippen molar-refractivity contribution in [2.75, 3.05) is 11.4 Å². The van der Waals surface area contributed by atoms with Crippen LogP contribution < -0.4 is 10.2 Å². The number of anilines is 1. The summed E-state index contributed by atoms with van der Waals surface area (Å²) in [7, 11) is 0. The summed E-state index contributed by atoms with van der Waals surface area (Å²) in [4.78, 5) is 25.9. The Morgan fingerprint density at radius 3 is 3.00 bits per heavy atom. The number of thiophene rings is 1. The van der Waals surface area contributed by atoms with Crippen LogP contribution in [0.3, 0.4) is 0 Å². The average molecular weight is 288 g/mol. The molecule has 2 amide bonds. The van der Waals surface area contributed by atoms with Gasteiger partial charge in [0, 0.05) is 23.4 Å². The summed E-state index contributed by atoms with van der Waals surface area (Å²) in [5.41, 5.74) is 0.871. The van der Waals surface area contributed by atoms with Crippen molar-refractivity contribution in [3.8, 4) is 0 Å². The van der Waals surface area contributed by atoms with Gasteiger partial charge in [-0.05, 0) is 41.5 Å². The van der Waals surface area contributed by atoms with E-state index in [0.717, 1.165) is 11.1 Å². The highest BCUT2D eigenvalue weighted by molar-refractivity contribution is 7.17. The first-order valence-corrected chi connectivity index (χ1v) is 7.65. The van der Waals surface area contributed by atoms with Gasteiger partial charge in [0.25, 0.3) is 0 Å². The quantitative estimate of drug-likeness (QED) is 0.923. The van der Waals surface area contributed by atoms with Crippen LogP contribution in [0.4, 0.5) is 5.69 Å². The van der Waals surface area contributed by atoms with E-state index in [0.29, 0.717) is 19.4 Å². The standard InChI is InChI=1S/C15H16N2O2S/c1-2-12-15(19)17(7-5-14(18)16-12)11-3-4-13-10(9-11)6-8-20-13/h3-4,6,8-9,12H,2,5,7H2,1H3,(H,16,18). The van der Waals surface area contributed by atoms with Crippen molar-refractivity contribution in [1.82, 2.24) is 5.32 Å². The van der Waals surface area contributed by atoms with Gasteiger partial charge in [-0.3, -0.25) is 9.59 Å². The maximum atomic E-state index is 12.5. The molecule has 1 N–H and O–H groups in total. The van der Waals surface area contributed by atoms with Crippen molar-refractivity contribution >= 4 is 38.9 Å². The fourth-order valence-electron chi connectivity index (χ4n) is 2.49. The Morgan fingerprint density at radius 1 is 1.35 bits per heavy atom. The number of nitrogens with zero attached hydrogens (tertiary/aromatic N) is 1. The van der Waals surface area contributed by atoms with Gasteiger partial charge in [0.05, 0.1) is 0 Å². The summed E-state index contributed by atoms with van der Waals surface area (Å²) in [5.74, 6) is -0.0720. The van der Waals surface area contributed by atoms with E-state index in [2.05, 4.69) is 5.32 Å². The lowest BCUT2D eigenvalue weighted by atomic mass is 10.1. The molecule has 1 fully saturated rings. The molecule has 20 heavy (non-hydrogen) atoms. The number of fused-ring (bicyclic) bond motifs is 1. The van der Waals surface area contributed by atoms with E-state index in [-0.39, 0.29) is 11.8 Å². The number of hydrogen-bond acceptors (Lipinski definition) is 3. The molecule has 104 valence electrons. The zero-order chi connectivity index (χ0) is 14.1. The molecule has 5 heteroatoms. The van der Waals surface area contributed by atoms with Crippen molar-refractivity contribution in [2.45, 2.75) is 25.8 Å². The first-order valence-electron chi connectivity index (χ1n) is 6.77. The van der Waals surface area contributed by atoms with E-state index in [9.17, 15) is 9.59 Å². The van der Waals surface area contributed by atoms with Crippen LogP contribution in [0.5, 0.6) is 0 Å². The van der Waals surface area contributed by atoms with Crippen molar-refractivity contribution in [2.24, 2.45) is 0 Å². The number of hydrogen-bond donors (Lipinski definition) is 1. The summed E-state index contributed by atoms with van der Waals surface area (Å²) in [5, 5.41) is 5.96. The molecule has 1 aliphatic rings. The van der Waals surface area contributed by atoms with Crippen LogP contribution >= 0.6 is 11.3 Å². The van der Waals surface area contributed by atoms with Crippen LogP contribution in [-0.4, -0.2) is 24.4 Å². The third kappa shape index (κ3) is 2.29. The molecule has 4 nitrogen and oxygen atoms in total. The van der Waals surface area contributed by atoms with Crippen LogP contribution in [-0.2, 0) is 9.59 Å². The lowest BCUT2D eigenvalue weighted by molar-refractivity contribution is -0.125. The summed E-state index contributed by atoms with van der Waals surface area (Å²) in [6, 6.07) is 7.64. The second-order valence-electron chi connectivity index (χ2n) is 4.91. The summed E-state index contributed by atoms with van der Waals surface area (Å²) in [6.45, 7) is 2.35. The van der Waals surface area contributed by atoms with Crippen LogP contribution in [0.25, 0.3) is 10.1 Å². The molecule has 1 aromatic carbocycles. The van der Waals surface area contributed by atoms with E-state index in [1.807, 2.05) is 36.6 Å². The summed E-state index contributed by atoms with van der Waals surface area (Å²) >= 11 is 1.68. The Morgan fingerprint density at radius 2 is 2.20 bits per heavy atom. The van der Waals surface area contributed by atoms with Gasteiger partial charge < -0.3 is 10.2 Å². The topological polar surface area (TPSA) is 49.4 Å². The molecule has 0 aliphatic carbocycles. The predicted molar refractivity (Wildman–Crippen MR) is 81.0 cm³/mol. The predicted octanol–water partition coefficient (Wildman–Crippen LogP) is 2.53. The lowest BCUT2D eigenvalue weighted by Gasteiger charge is -2.23. The van der Waals surface area contributed by atoms with E-state index in [1.165, 1.54) is 4.70 Å². The highest BCUT2D eigenvalue weighted by Crippen LogP contribution is 2.27. The smallest absolute Gasteiger partial charge is 0.249 e. The van der Waals surface area contributed by atoms with Gasteiger partial charge >= 0.3 is 0 Å². The largest absolute Gasteiger partial charge is 0.344 e. The zero-order valence-electron chi connectivity index (χ0n) is 11.3. The Labute approximate surface area is 121 Å². The Balaban J connectivity index is 1.97. The Kier molecular flexibility index (Phi) is 3.44. The lowest BCUT2D eigenvalue weighted by Crippen LogP contribution is -2.44. The van der Waals surface area contributed by atoms with Crippen LogP contribution in [0.1, 0.15) is 19.8 Å². The molecule has 1 aromatic heterocycles. The minimum absolute atomic E-state index is 0.0204. The summed E-state index contributed by atoms with van der Waals surface area (Å²) in [6.07, 6.45) is 0.964. The number of benzene rings is 1. The molecule has 0 saturated carbocycles. The zero-order valence-corrected chi connectivity index (χ0v) is 12.1. The molecular weight excluding hydrogens is 272 g/mol. The molecule has 1 aliphatic heterocycles. The third-order valence-corrected chi connectivity index (χ3v) is 4.52. The molecular formula is C15H16N2O2S. The van der Waals surface area contributed by atoms with Crippen LogP contribution in [0.2, 0.25) is 0 Å². The normalized spacial score (nSPS) is 20.1. The first-order chi connectivity index (χ1) is 9.69. The van der Waals surface area contributed by atoms with E-state index >= 15 is 0 Å². The molecule has 0 radical (unpaired) electrons. The van der Waals surface area contributed by atoms with Gasteiger partial charge in [-0.15, -0.1) is 11.3 Å². The SMILES string of the molecule is CCC1NC(=O)CCN(c2ccc3sccc3c2)C1=O. The molecule has 0 spiro atoms. The maximum absolute atomic E-state index is 12.5. The van der Waals surface area contributed by atoms with Crippen molar-refractivity contribution in [3.05, 3.63) is 29.6 Å². The van der Waals surface area contributed by atoms with Crippen LogP contribution in [0.15, 0.2) is 29.6 Å². The van der Waals surface area contributed by atoms with Crippen molar-refractivity contribution in [1.29, 1.82) is 0 Å². The molecule has 2 heterocycles. The van der Waals surface area contributed by atoms with Gasteiger partial charge in [0.15, 0.2) is 0 Å². The minimum Gasteiger partial charge on any atom is -0.344 e. The number of amides is 2. The van der Waals surface area contributed by atoms with Gasteiger partial charge in [-0.1, -0.05) is 6.92 Å². The van der Waals surface area contributed by atoms with Crippen molar-refractivity contribution in [3.63, 3.8) is 0 Å². The van der Waals surface area contributed by atoms with Crippen LogP contribution in [0, 0.1) is 0 Å². The molecule has 2 aromatic rings. The second kappa shape index (κ2) is 5.25. The van der Waals surface area contributed by atoms with Gasteiger partial charge in [0.1, 0.15) is 6.04 Å². The number of carbonyl (C=O) groups excluding carboxylic acids is 2. The fraction of sp³-hybridized carbons (Fsp3) is 0.333. The molecule has 1 atom stereocenters. The fourth-order valence-corrected chi connectivity index (χ4v) is 3.27. The average Bonchev–Trinajstić information content (AvgIpc) is 2.86. The molecule has 0 bridgehead atoms. The van der Waals surface area contributed by atoms with E-state index in [1.54, 1.807) is 16.2 Å². The Bertz CT molecular complexity index is 665. The van der Waals surface area contributed by atoms with Gasteiger partial charge in [-0.2, -0.15) is 0 Å². The number of nitrogens with one attached hydrogen (secondary N) is 1. The highest BCUT2D eigenvalue weighted by atomic mass is 32.1. The van der Waals surface area contributed by atoms with Gasteiger partial charge in [-0.25, -0.2) is 0 Å². The molecule has 1 unspecified atom stereocenters. The minimum atomic E-state index is -0.414. The molecule has 1 saturated heterocycles. The highest BCUT2D eigenvalue weighted by Gasteiger charge is 2.29. The van der Waals surface area contributed by atoms with Gasteiger partial charge in [0.2, 0.25) is 11.8 Å². The van der Waals surface area contributed by atoms with E-state index in [4.69, 9.17) is 0 Å². The number of rotatable bonds is 2. The monoisotopic (exact) mass is 288 g/mol. The first kappa shape index (κ1) is 13.1. The molecule has 3 rings (SSSR count). The third-order valence-electron chi connectivity index (χ3n) is 3.62. The van der Waals surface area contributed by atoms with E-state index < -0.39 is 6.04 Å². The van der Waals surface area contributed by atoms with Crippen molar-refractivity contribution < 1.29 is 9.59 Å². The number of carbonyl (C=O) groups is 2. The maximum Gasteiger partial charge on any atom is 0.249 e. The summed E-state index contributed by atoms with van der Waals surface area (Å²) < 4.78 is 1.21. The Hall–Kier alpha value is -1.88.